The van der Waals surface area contributed by atoms with Crippen LogP contribution in [0.1, 0.15) is 18.2 Å². The predicted octanol–water partition coefficient (Wildman–Crippen LogP) is 1.74. The Hall–Kier alpha value is -1.01. The summed E-state index contributed by atoms with van der Waals surface area (Å²) >= 11 is 1.24. The van der Waals surface area contributed by atoms with Crippen molar-refractivity contribution in [3.05, 3.63) is 27.0 Å². The van der Waals surface area contributed by atoms with Crippen LogP contribution in [0.3, 0.4) is 0 Å². The molecule has 6 nitrogen and oxygen atoms in total. The van der Waals surface area contributed by atoms with Crippen LogP contribution in [0.25, 0.3) is 4.96 Å². The van der Waals surface area contributed by atoms with Gasteiger partial charge in [0.25, 0.3) is 5.56 Å². The van der Waals surface area contributed by atoms with Crippen molar-refractivity contribution in [1.29, 1.82) is 0 Å². The summed E-state index contributed by atoms with van der Waals surface area (Å²) in [5.41, 5.74) is 1.32. The van der Waals surface area contributed by atoms with E-state index in [1.165, 1.54) is 30.0 Å². The van der Waals surface area contributed by atoms with E-state index in [0.29, 0.717) is 22.6 Å². The van der Waals surface area contributed by atoms with Crippen molar-refractivity contribution in [2.45, 2.75) is 20.3 Å². The molecule has 0 radical (unpaired) electrons. The maximum Gasteiger partial charge on any atom is 0.378 e. The minimum Gasteiger partial charge on any atom is -0.308 e. The number of rotatable bonds is 4. The van der Waals surface area contributed by atoms with Gasteiger partial charge in [-0.05, 0) is 13.3 Å². The van der Waals surface area contributed by atoms with E-state index < -0.39 is 7.60 Å². The molecule has 2 heterocycles. The second-order valence-corrected chi connectivity index (χ2v) is 6.93. The average molecular weight is 302 g/mol. The second-order valence-electron chi connectivity index (χ2n) is 3.91. The van der Waals surface area contributed by atoms with Gasteiger partial charge in [-0.25, -0.2) is 9.38 Å². The smallest absolute Gasteiger partial charge is 0.308 e. The second kappa shape index (κ2) is 5.17. The molecule has 2 aromatic rings. The third-order valence-electron chi connectivity index (χ3n) is 2.97. The van der Waals surface area contributed by atoms with Gasteiger partial charge in [0.15, 0.2) is 10.4 Å². The molecule has 0 amide bonds. The molecule has 0 aromatic carbocycles. The van der Waals surface area contributed by atoms with E-state index in [1.807, 2.05) is 6.92 Å². The van der Waals surface area contributed by atoms with Gasteiger partial charge in [0, 0.05) is 30.9 Å². The molecule has 19 heavy (non-hydrogen) atoms. The Morgan fingerprint density at radius 3 is 2.58 bits per heavy atom. The van der Waals surface area contributed by atoms with Crippen LogP contribution in [-0.2, 0) is 20.0 Å². The zero-order valence-corrected chi connectivity index (χ0v) is 12.9. The summed E-state index contributed by atoms with van der Waals surface area (Å²) in [7, 11) is -0.885. The van der Waals surface area contributed by atoms with Gasteiger partial charge >= 0.3 is 7.60 Å². The number of fused-ring (bicyclic) bond motifs is 1. The highest BCUT2D eigenvalue weighted by Gasteiger charge is 2.30. The molecule has 2 aromatic heterocycles. The highest BCUT2D eigenvalue weighted by atomic mass is 32.1. The molecule has 0 aliphatic rings. The Bertz CT molecular complexity index is 713. The van der Waals surface area contributed by atoms with Gasteiger partial charge < -0.3 is 9.05 Å². The van der Waals surface area contributed by atoms with Crippen LogP contribution < -0.4 is 11.0 Å². The Balaban J connectivity index is 2.87. The molecule has 0 saturated carbocycles. The van der Waals surface area contributed by atoms with Crippen molar-refractivity contribution >= 4 is 29.3 Å². The van der Waals surface area contributed by atoms with Gasteiger partial charge in [-0.1, -0.05) is 6.92 Å². The highest BCUT2D eigenvalue weighted by molar-refractivity contribution is 7.62. The first kappa shape index (κ1) is 14.4. The van der Waals surface area contributed by atoms with Crippen molar-refractivity contribution in [1.82, 2.24) is 9.38 Å². The van der Waals surface area contributed by atoms with Gasteiger partial charge in [0.2, 0.25) is 0 Å². The number of hydrogen-bond donors (Lipinski definition) is 0. The number of nitrogens with zero attached hydrogens (tertiary/aromatic N) is 2. The first-order chi connectivity index (χ1) is 8.98. The molecule has 0 atom stereocenters. The molecule has 0 fully saturated rings. The highest BCUT2D eigenvalue weighted by Crippen LogP contribution is 2.45. The molecule has 0 N–H and O–H groups in total. The Labute approximate surface area is 114 Å². The third-order valence-corrected chi connectivity index (χ3v) is 5.82. The first-order valence-corrected chi connectivity index (χ1v) is 8.12. The fourth-order valence-electron chi connectivity index (χ4n) is 1.93. The molecule has 0 bridgehead atoms. The fourth-order valence-corrected chi connectivity index (χ4v) is 4.42. The molecule has 2 rings (SSSR count). The van der Waals surface area contributed by atoms with Gasteiger partial charge in [-0.3, -0.25) is 9.36 Å². The molecule has 0 spiro atoms. The zero-order chi connectivity index (χ0) is 14.2. The van der Waals surface area contributed by atoms with Crippen LogP contribution in [0.4, 0.5) is 0 Å². The van der Waals surface area contributed by atoms with Gasteiger partial charge in [0.1, 0.15) is 0 Å². The van der Waals surface area contributed by atoms with Gasteiger partial charge in [0.05, 0.1) is 0 Å². The van der Waals surface area contributed by atoms with Crippen LogP contribution in [0.5, 0.6) is 0 Å². The lowest BCUT2D eigenvalue weighted by atomic mass is 10.2. The first-order valence-electron chi connectivity index (χ1n) is 5.70. The van der Waals surface area contributed by atoms with E-state index in [1.54, 1.807) is 12.3 Å². The van der Waals surface area contributed by atoms with E-state index in [9.17, 15) is 9.36 Å². The lowest BCUT2D eigenvalue weighted by Gasteiger charge is -2.13. The number of hydrogen-bond acceptors (Lipinski definition) is 6. The monoisotopic (exact) mass is 302 g/mol. The number of aryl methyl sites for hydroxylation is 1. The molecule has 0 aliphatic heterocycles. The molecular weight excluding hydrogens is 287 g/mol. The summed E-state index contributed by atoms with van der Waals surface area (Å²) in [6.07, 6.45) is 0.570. The molecular formula is C11H15N2O4PS. The van der Waals surface area contributed by atoms with E-state index in [4.69, 9.17) is 9.05 Å². The van der Waals surface area contributed by atoms with E-state index >= 15 is 0 Å². The summed E-state index contributed by atoms with van der Waals surface area (Å²) in [5, 5.41) is 1.59. The minimum absolute atomic E-state index is 0.212. The molecule has 0 unspecified atom stereocenters. The normalized spacial score (nSPS) is 12.2. The van der Waals surface area contributed by atoms with Crippen molar-refractivity contribution in [3.8, 4) is 0 Å². The van der Waals surface area contributed by atoms with Crippen LogP contribution in [0, 0.1) is 6.92 Å². The van der Waals surface area contributed by atoms with Crippen molar-refractivity contribution in [2.75, 3.05) is 14.2 Å². The maximum absolute atomic E-state index is 12.4. The van der Waals surface area contributed by atoms with Gasteiger partial charge in [-0.15, -0.1) is 11.3 Å². The summed E-state index contributed by atoms with van der Waals surface area (Å²) in [4.78, 5) is 17.3. The minimum atomic E-state index is -3.47. The van der Waals surface area contributed by atoms with Crippen molar-refractivity contribution < 1.29 is 13.6 Å². The predicted molar refractivity (Wildman–Crippen MR) is 74.7 cm³/mol. The van der Waals surface area contributed by atoms with Gasteiger partial charge in [-0.2, -0.15) is 0 Å². The third kappa shape index (κ3) is 2.17. The molecule has 0 aliphatic carbocycles. The largest absolute Gasteiger partial charge is 0.378 e. The van der Waals surface area contributed by atoms with Crippen LogP contribution in [0.2, 0.25) is 0 Å². The maximum atomic E-state index is 12.4. The standard InChI is InChI=1S/C11H15N2O4PS/c1-5-8-7(2)12-11-13(10(8)14)9(6-19-11)18(15,16-3)17-4/h6H,5H2,1-4H3. The number of aromatic nitrogens is 2. The summed E-state index contributed by atoms with van der Waals surface area (Å²) in [6, 6.07) is 0. The summed E-state index contributed by atoms with van der Waals surface area (Å²) < 4.78 is 23.7. The average Bonchev–Trinajstić information content (AvgIpc) is 2.82. The van der Waals surface area contributed by atoms with Crippen LogP contribution >= 0.6 is 18.9 Å². The Morgan fingerprint density at radius 1 is 1.42 bits per heavy atom. The van der Waals surface area contributed by atoms with Crippen LogP contribution in [-0.4, -0.2) is 23.6 Å². The molecule has 8 heteroatoms. The quantitative estimate of drug-likeness (QED) is 0.805. The van der Waals surface area contributed by atoms with E-state index in [0.717, 1.165) is 0 Å². The lowest BCUT2D eigenvalue weighted by Crippen LogP contribution is -2.28. The summed E-state index contributed by atoms with van der Waals surface area (Å²) in [6.45, 7) is 3.68. The fraction of sp³-hybridized carbons (Fsp3) is 0.455. The van der Waals surface area contributed by atoms with Crippen molar-refractivity contribution in [2.24, 2.45) is 0 Å². The molecule has 0 saturated heterocycles. The lowest BCUT2D eigenvalue weighted by molar-refractivity contribution is 0.286. The molecule has 104 valence electrons. The van der Waals surface area contributed by atoms with Crippen LogP contribution in [0.15, 0.2) is 10.2 Å². The Morgan fingerprint density at radius 2 is 2.05 bits per heavy atom. The summed E-state index contributed by atoms with van der Waals surface area (Å²) in [5.74, 6) is 0. The van der Waals surface area contributed by atoms with Crippen molar-refractivity contribution in [3.63, 3.8) is 0 Å². The zero-order valence-electron chi connectivity index (χ0n) is 11.2. The van der Waals surface area contributed by atoms with E-state index in [-0.39, 0.29) is 11.0 Å². The number of thiazole rings is 1. The Kier molecular flexibility index (Phi) is 3.92. The topological polar surface area (TPSA) is 69.9 Å². The SMILES string of the molecule is CCc1c(C)nc2scc(P(=O)(OC)OC)n2c1=O. The van der Waals surface area contributed by atoms with E-state index in [2.05, 4.69) is 4.98 Å².